The molecule has 1 unspecified atom stereocenters. The molecule has 2 N–H and O–H groups in total. The zero-order valence-electron chi connectivity index (χ0n) is 10.0. The molecule has 4 heteroatoms. The highest BCUT2D eigenvalue weighted by atomic mass is 16.2. The summed E-state index contributed by atoms with van der Waals surface area (Å²) in [6, 6.07) is -0.227. The van der Waals surface area contributed by atoms with E-state index in [1.807, 2.05) is 27.7 Å². The summed E-state index contributed by atoms with van der Waals surface area (Å²) in [6.07, 6.45) is 2.40. The molecule has 88 valence electrons. The molecule has 0 aromatic carbocycles. The summed E-state index contributed by atoms with van der Waals surface area (Å²) in [4.78, 5) is 22.1. The van der Waals surface area contributed by atoms with Crippen LogP contribution in [0.4, 0.5) is 0 Å². The second-order valence-electron chi connectivity index (χ2n) is 4.03. The maximum absolute atomic E-state index is 11.8. The number of carbonyl (C=O) groups excluding carboxylic acids is 2. The van der Waals surface area contributed by atoms with Gasteiger partial charge in [-0.15, -0.1) is 0 Å². The maximum Gasteiger partial charge on any atom is 0.243 e. The normalized spacial score (nSPS) is 12.7. The molecule has 0 aromatic rings. The van der Waals surface area contributed by atoms with Crippen molar-refractivity contribution in [1.82, 2.24) is 10.6 Å². The predicted octanol–water partition coefficient (Wildman–Crippen LogP) is 1.06. The number of hydrogen-bond acceptors (Lipinski definition) is 2. The van der Waals surface area contributed by atoms with Crippen molar-refractivity contribution in [2.24, 2.45) is 5.92 Å². The summed E-state index contributed by atoms with van der Waals surface area (Å²) >= 11 is 0. The Morgan fingerprint density at radius 1 is 1.27 bits per heavy atom. The lowest BCUT2D eigenvalue weighted by Gasteiger charge is -2.22. The van der Waals surface area contributed by atoms with Crippen LogP contribution < -0.4 is 10.6 Å². The lowest BCUT2D eigenvalue weighted by molar-refractivity contribution is -0.127. The number of rotatable bonds is 7. The Morgan fingerprint density at radius 2 is 1.80 bits per heavy atom. The molecule has 0 heterocycles. The van der Waals surface area contributed by atoms with E-state index in [4.69, 9.17) is 0 Å². The first-order valence-corrected chi connectivity index (χ1v) is 5.56. The molecular weight excluding hydrogens is 192 g/mol. The van der Waals surface area contributed by atoms with Crippen molar-refractivity contribution in [3.8, 4) is 0 Å². The molecular formula is C11H22N2O2. The van der Waals surface area contributed by atoms with Crippen LogP contribution in [-0.4, -0.2) is 24.4 Å². The largest absolute Gasteiger partial charge is 0.352 e. The van der Waals surface area contributed by atoms with Gasteiger partial charge in [0.1, 0.15) is 6.04 Å². The van der Waals surface area contributed by atoms with E-state index in [-0.39, 0.29) is 17.9 Å². The molecule has 0 aliphatic rings. The van der Waals surface area contributed by atoms with E-state index >= 15 is 0 Å². The molecule has 0 saturated carbocycles. The van der Waals surface area contributed by atoms with Gasteiger partial charge in [0.15, 0.2) is 0 Å². The van der Waals surface area contributed by atoms with Gasteiger partial charge >= 0.3 is 0 Å². The molecule has 15 heavy (non-hydrogen) atoms. The molecule has 0 fully saturated rings. The molecule has 2 amide bonds. The smallest absolute Gasteiger partial charge is 0.243 e. The average Bonchev–Trinajstić information content (AvgIpc) is 2.21. The minimum Gasteiger partial charge on any atom is -0.352 e. The molecule has 0 spiro atoms. The highest BCUT2D eigenvalue weighted by Crippen LogP contribution is 2.03. The minimum atomic E-state index is -0.428. The molecule has 0 aliphatic carbocycles. The predicted molar refractivity (Wildman–Crippen MR) is 60.3 cm³/mol. The third kappa shape index (κ3) is 4.81. The van der Waals surface area contributed by atoms with Crippen LogP contribution in [0.15, 0.2) is 0 Å². The Balaban J connectivity index is 4.30. The van der Waals surface area contributed by atoms with Crippen molar-refractivity contribution < 1.29 is 9.59 Å². The van der Waals surface area contributed by atoms with Gasteiger partial charge in [-0.2, -0.15) is 0 Å². The molecule has 0 bridgehead atoms. The molecule has 0 radical (unpaired) electrons. The van der Waals surface area contributed by atoms with Crippen molar-refractivity contribution in [3.05, 3.63) is 0 Å². The number of hydrogen-bond donors (Lipinski definition) is 2. The fraction of sp³-hybridized carbons (Fsp3) is 0.818. The first kappa shape index (κ1) is 13.9. The van der Waals surface area contributed by atoms with E-state index in [2.05, 4.69) is 10.6 Å². The van der Waals surface area contributed by atoms with E-state index in [1.165, 1.54) is 0 Å². The molecule has 0 aliphatic heterocycles. The molecule has 0 aromatic heterocycles. The molecule has 0 saturated heterocycles. The zero-order valence-corrected chi connectivity index (χ0v) is 10.0. The second-order valence-corrected chi connectivity index (χ2v) is 4.03. The van der Waals surface area contributed by atoms with Gasteiger partial charge in [0.05, 0.1) is 0 Å². The van der Waals surface area contributed by atoms with Crippen LogP contribution in [0.5, 0.6) is 0 Å². The molecule has 4 nitrogen and oxygen atoms in total. The fourth-order valence-corrected chi connectivity index (χ4v) is 1.43. The summed E-state index contributed by atoms with van der Waals surface area (Å²) < 4.78 is 0. The van der Waals surface area contributed by atoms with Gasteiger partial charge in [0, 0.05) is 6.04 Å². The highest BCUT2D eigenvalue weighted by Gasteiger charge is 2.22. The number of nitrogens with one attached hydrogen (secondary N) is 2. The fourth-order valence-electron chi connectivity index (χ4n) is 1.43. The van der Waals surface area contributed by atoms with Crippen LogP contribution in [0.3, 0.4) is 0 Å². The standard InChI is InChI=1S/C11H22N2O2/c1-5-9(6-2)13-11(15)10(8(3)4)12-7-14/h7-10H,5-6H2,1-4H3,(H,12,14)(H,13,15). The Labute approximate surface area is 91.8 Å². The van der Waals surface area contributed by atoms with Crippen LogP contribution in [0.2, 0.25) is 0 Å². The van der Waals surface area contributed by atoms with Gasteiger partial charge in [-0.05, 0) is 18.8 Å². The second kappa shape index (κ2) is 7.26. The first-order chi connectivity index (χ1) is 7.06. The summed E-state index contributed by atoms with van der Waals surface area (Å²) in [6.45, 7) is 7.89. The third-order valence-corrected chi connectivity index (χ3v) is 2.53. The van der Waals surface area contributed by atoms with Gasteiger partial charge in [0.25, 0.3) is 0 Å². The van der Waals surface area contributed by atoms with Gasteiger partial charge in [-0.25, -0.2) is 0 Å². The monoisotopic (exact) mass is 214 g/mol. The topological polar surface area (TPSA) is 58.2 Å². The van der Waals surface area contributed by atoms with Crippen molar-refractivity contribution in [3.63, 3.8) is 0 Å². The van der Waals surface area contributed by atoms with Crippen molar-refractivity contribution >= 4 is 12.3 Å². The van der Waals surface area contributed by atoms with Gasteiger partial charge in [0.2, 0.25) is 12.3 Å². The SMILES string of the molecule is CCC(CC)NC(=O)C(NC=O)C(C)C. The van der Waals surface area contributed by atoms with Crippen LogP contribution in [0.25, 0.3) is 0 Å². The minimum absolute atomic E-state index is 0.0919. The van der Waals surface area contributed by atoms with E-state index in [9.17, 15) is 9.59 Å². The van der Waals surface area contributed by atoms with Crippen LogP contribution in [-0.2, 0) is 9.59 Å². The zero-order chi connectivity index (χ0) is 11.8. The quantitative estimate of drug-likeness (QED) is 0.623. The lowest BCUT2D eigenvalue weighted by atomic mass is 10.0. The van der Waals surface area contributed by atoms with Crippen LogP contribution in [0, 0.1) is 5.92 Å². The molecule has 1 atom stereocenters. The Kier molecular flexibility index (Phi) is 6.75. The van der Waals surface area contributed by atoms with Crippen molar-refractivity contribution in [1.29, 1.82) is 0 Å². The van der Waals surface area contributed by atoms with E-state index in [1.54, 1.807) is 0 Å². The summed E-state index contributed by atoms with van der Waals surface area (Å²) in [7, 11) is 0. The van der Waals surface area contributed by atoms with Crippen molar-refractivity contribution in [2.45, 2.75) is 52.6 Å². The lowest BCUT2D eigenvalue weighted by Crippen LogP contribution is -2.49. The summed E-state index contributed by atoms with van der Waals surface area (Å²) in [5.41, 5.74) is 0. The highest BCUT2D eigenvalue weighted by molar-refractivity contribution is 5.84. The number of carbonyl (C=O) groups is 2. The van der Waals surface area contributed by atoms with Crippen LogP contribution in [0.1, 0.15) is 40.5 Å². The van der Waals surface area contributed by atoms with E-state index < -0.39 is 6.04 Å². The third-order valence-electron chi connectivity index (χ3n) is 2.53. The number of amides is 2. The summed E-state index contributed by atoms with van der Waals surface area (Å²) in [5, 5.41) is 5.47. The van der Waals surface area contributed by atoms with Crippen molar-refractivity contribution in [2.75, 3.05) is 0 Å². The Hall–Kier alpha value is -1.06. The van der Waals surface area contributed by atoms with E-state index in [0.29, 0.717) is 6.41 Å². The van der Waals surface area contributed by atoms with Crippen LogP contribution >= 0.6 is 0 Å². The summed E-state index contributed by atoms with van der Waals surface area (Å²) in [5.74, 6) is 0.00959. The first-order valence-electron chi connectivity index (χ1n) is 5.56. The van der Waals surface area contributed by atoms with Gasteiger partial charge in [-0.1, -0.05) is 27.7 Å². The Morgan fingerprint density at radius 3 is 2.13 bits per heavy atom. The Bertz CT molecular complexity index is 201. The van der Waals surface area contributed by atoms with Gasteiger partial charge in [-0.3, -0.25) is 9.59 Å². The van der Waals surface area contributed by atoms with Gasteiger partial charge < -0.3 is 10.6 Å². The molecule has 0 rings (SSSR count). The average molecular weight is 214 g/mol. The maximum atomic E-state index is 11.8. The van der Waals surface area contributed by atoms with E-state index in [0.717, 1.165) is 12.8 Å².